The molecule has 0 spiro atoms. The zero-order valence-electron chi connectivity index (χ0n) is 16.1. The fourth-order valence-electron chi connectivity index (χ4n) is 2.97. The van der Waals surface area contributed by atoms with Crippen molar-refractivity contribution in [3.05, 3.63) is 75.7 Å². The summed E-state index contributed by atoms with van der Waals surface area (Å²) < 4.78 is 7.22. The van der Waals surface area contributed by atoms with Crippen LogP contribution in [0.4, 0.5) is 0 Å². The molecule has 0 N–H and O–H groups in total. The molecule has 4 rings (SSSR count). The molecule has 2 heterocycles. The molecular formula is C21H20N4O2S. The second kappa shape index (κ2) is 7.24. The fraction of sp³-hybridized carbons (Fsp3) is 0.238. The van der Waals surface area contributed by atoms with Gasteiger partial charge >= 0.3 is 0 Å². The van der Waals surface area contributed by atoms with Crippen LogP contribution in [0.2, 0.25) is 0 Å². The normalized spacial score (nSPS) is 12.4. The van der Waals surface area contributed by atoms with Gasteiger partial charge in [-0.3, -0.25) is 9.36 Å². The Morgan fingerprint density at radius 2 is 1.82 bits per heavy atom. The van der Waals surface area contributed by atoms with Gasteiger partial charge in [-0.15, -0.1) is 10.2 Å². The number of hydrogen-bond acceptors (Lipinski definition) is 6. The lowest BCUT2D eigenvalue weighted by atomic mass is 10.1. The molecule has 2 aromatic carbocycles. The Balaban J connectivity index is 1.90. The first-order valence-electron chi connectivity index (χ1n) is 9.00. The number of aromatic nitrogens is 4. The number of thioether (sulfide) groups is 1. The van der Waals surface area contributed by atoms with Crippen molar-refractivity contribution < 1.29 is 4.42 Å². The Morgan fingerprint density at radius 3 is 2.54 bits per heavy atom. The third-order valence-corrected chi connectivity index (χ3v) is 5.71. The molecule has 7 heteroatoms. The topological polar surface area (TPSA) is 73.8 Å². The first-order valence-corrected chi connectivity index (χ1v) is 9.88. The van der Waals surface area contributed by atoms with Crippen LogP contribution in [0.25, 0.3) is 16.6 Å². The molecule has 0 bridgehead atoms. The average Bonchev–Trinajstić information content (AvgIpc) is 3.11. The number of aryl methyl sites for hydroxylation is 3. The summed E-state index contributed by atoms with van der Waals surface area (Å²) >= 11 is 1.43. The first kappa shape index (κ1) is 18.4. The van der Waals surface area contributed by atoms with Crippen LogP contribution >= 0.6 is 11.8 Å². The average molecular weight is 392 g/mol. The summed E-state index contributed by atoms with van der Waals surface area (Å²) in [5, 5.41) is 9.04. The molecule has 0 radical (unpaired) electrons. The van der Waals surface area contributed by atoms with Crippen LogP contribution in [-0.2, 0) is 0 Å². The third-order valence-electron chi connectivity index (χ3n) is 4.67. The molecule has 1 atom stereocenters. The summed E-state index contributed by atoms with van der Waals surface area (Å²) in [4.78, 5) is 18.1. The minimum absolute atomic E-state index is 0.0923. The smallest absolute Gasteiger partial charge is 0.266 e. The SMILES string of the molecule is Cc1nnc(C(C)Sc2nc3ccccc3c(=O)n2-c2ccc(C)c(C)c2)o1. The Bertz CT molecular complexity index is 1230. The number of fused-ring (bicyclic) bond motifs is 1. The maximum atomic E-state index is 13.3. The van der Waals surface area contributed by atoms with Gasteiger partial charge in [0.2, 0.25) is 11.8 Å². The van der Waals surface area contributed by atoms with E-state index < -0.39 is 0 Å². The number of hydrogen-bond donors (Lipinski definition) is 0. The summed E-state index contributed by atoms with van der Waals surface area (Å²) in [6.07, 6.45) is 0. The summed E-state index contributed by atoms with van der Waals surface area (Å²) in [5.74, 6) is 1.03. The first-order chi connectivity index (χ1) is 13.4. The van der Waals surface area contributed by atoms with E-state index in [4.69, 9.17) is 9.40 Å². The van der Waals surface area contributed by atoms with E-state index in [9.17, 15) is 4.79 Å². The van der Waals surface area contributed by atoms with E-state index in [1.807, 2.05) is 50.2 Å². The molecule has 0 amide bonds. The second-order valence-electron chi connectivity index (χ2n) is 6.74. The zero-order valence-corrected chi connectivity index (χ0v) is 16.9. The van der Waals surface area contributed by atoms with E-state index in [-0.39, 0.29) is 10.8 Å². The van der Waals surface area contributed by atoms with Crippen molar-refractivity contribution in [2.45, 2.75) is 38.1 Å². The van der Waals surface area contributed by atoms with Gasteiger partial charge in [-0.1, -0.05) is 30.0 Å². The predicted octanol–water partition coefficient (Wildman–Crippen LogP) is 4.55. The molecule has 142 valence electrons. The Labute approximate surface area is 166 Å². The van der Waals surface area contributed by atoms with Crippen LogP contribution < -0.4 is 5.56 Å². The summed E-state index contributed by atoms with van der Waals surface area (Å²) in [5.41, 5.74) is 3.67. The van der Waals surface area contributed by atoms with Crippen molar-refractivity contribution in [3.63, 3.8) is 0 Å². The highest BCUT2D eigenvalue weighted by atomic mass is 32.2. The number of para-hydroxylation sites is 1. The molecule has 0 aliphatic rings. The number of benzene rings is 2. The molecule has 0 saturated carbocycles. The molecule has 1 unspecified atom stereocenters. The van der Waals surface area contributed by atoms with Crippen LogP contribution in [0, 0.1) is 20.8 Å². The molecule has 2 aromatic heterocycles. The molecule has 4 aromatic rings. The van der Waals surface area contributed by atoms with Crippen molar-refractivity contribution in [1.29, 1.82) is 0 Å². The van der Waals surface area contributed by atoms with Crippen LogP contribution in [-0.4, -0.2) is 19.7 Å². The highest BCUT2D eigenvalue weighted by Crippen LogP contribution is 2.34. The van der Waals surface area contributed by atoms with Gasteiger partial charge in [-0.2, -0.15) is 0 Å². The van der Waals surface area contributed by atoms with Gasteiger partial charge in [0.25, 0.3) is 5.56 Å². The second-order valence-corrected chi connectivity index (χ2v) is 8.05. The van der Waals surface area contributed by atoms with Gasteiger partial charge in [0.1, 0.15) is 0 Å². The van der Waals surface area contributed by atoms with E-state index in [0.29, 0.717) is 27.8 Å². The number of rotatable bonds is 4. The van der Waals surface area contributed by atoms with Crippen molar-refractivity contribution in [2.75, 3.05) is 0 Å². The third kappa shape index (κ3) is 3.33. The molecule has 0 saturated heterocycles. The van der Waals surface area contributed by atoms with E-state index in [1.54, 1.807) is 17.6 Å². The van der Waals surface area contributed by atoms with Crippen LogP contribution in [0.1, 0.15) is 35.1 Å². The lowest BCUT2D eigenvalue weighted by molar-refractivity contribution is 0.470. The fourth-order valence-corrected chi connectivity index (χ4v) is 3.93. The van der Waals surface area contributed by atoms with Crippen molar-refractivity contribution in [1.82, 2.24) is 19.7 Å². The van der Waals surface area contributed by atoms with E-state index >= 15 is 0 Å². The van der Waals surface area contributed by atoms with Crippen LogP contribution in [0.15, 0.2) is 56.8 Å². The Morgan fingerprint density at radius 1 is 1.04 bits per heavy atom. The Hall–Kier alpha value is -2.93. The van der Waals surface area contributed by atoms with Gasteiger partial charge in [0.15, 0.2) is 5.16 Å². The van der Waals surface area contributed by atoms with E-state index in [1.165, 1.54) is 17.3 Å². The van der Waals surface area contributed by atoms with Crippen LogP contribution in [0.3, 0.4) is 0 Å². The van der Waals surface area contributed by atoms with Gasteiger partial charge in [-0.05, 0) is 56.2 Å². The van der Waals surface area contributed by atoms with E-state index in [0.717, 1.165) is 11.3 Å². The highest BCUT2D eigenvalue weighted by Gasteiger charge is 2.20. The van der Waals surface area contributed by atoms with E-state index in [2.05, 4.69) is 17.1 Å². The number of nitrogens with zero attached hydrogens (tertiary/aromatic N) is 4. The summed E-state index contributed by atoms with van der Waals surface area (Å²) in [6.45, 7) is 7.81. The zero-order chi connectivity index (χ0) is 19.8. The van der Waals surface area contributed by atoms with Gasteiger partial charge in [0.05, 0.1) is 21.8 Å². The largest absolute Gasteiger partial charge is 0.424 e. The predicted molar refractivity (Wildman–Crippen MR) is 110 cm³/mol. The van der Waals surface area contributed by atoms with Crippen LogP contribution in [0.5, 0.6) is 0 Å². The molecule has 0 aliphatic heterocycles. The molecule has 0 fully saturated rings. The maximum Gasteiger partial charge on any atom is 0.266 e. The lowest BCUT2D eigenvalue weighted by Crippen LogP contribution is -2.22. The molecule has 6 nitrogen and oxygen atoms in total. The maximum absolute atomic E-state index is 13.3. The van der Waals surface area contributed by atoms with Gasteiger partial charge in [-0.25, -0.2) is 4.98 Å². The minimum atomic E-state index is -0.146. The lowest BCUT2D eigenvalue weighted by Gasteiger charge is -2.16. The summed E-state index contributed by atoms with van der Waals surface area (Å²) in [6, 6.07) is 13.4. The van der Waals surface area contributed by atoms with Crippen molar-refractivity contribution in [2.24, 2.45) is 0 Å². The monoisotopic (exact) mass is 392 g/mol. The standard InChI is InChI=1S/C21H20N4O2S/c1-12-9-10-16(11-13(12)2)25-20(26)17-7-5-6-8-18(17)22-21(25)28-14(3)19-24-23-15(4)27-19/h5-11,14H,1-4H3. The van der Waals surface area contributed by atoms with Crippen molar-refractivity contribution in [3.8, 4) is 5.69 Å². The Kier molecular flexibility index (Phi) is 4.77. The quantitative estimate of drug-likeness (QED) is 0.375. The summed E-state index contributed by atoms with van der Waals surface area (Å²) in [7, 11) is 0. The molecule has 0 aliphatic carbocycles. The van der Waals surface area contributed by atoms with Gasteiger partial charge < -0.3 is 4.42 Å². The highest BCUT2D eigenvalue weighted by molar-refractivity contribution is 7.99. The molecule has 28 heavy (non-hydrogen) atoms. The minimum Gasteiger partial charge on any atom is -0.424 e. The van der Waals surface area contributed by atoms with Gasteiger partial charge in [0, 0.05) is 6.92 Å². The molecular weight excluding hydrogens is 372 g/mol. The van der Waals surface area contributed by atoms with Crippen molar-refractivity contribution >= 4 is 22.7 Å².